The first-order valence-electron chi connectivity index (χ1n) is 6.40. The molecule has 0 aliphatic carbocycles. The molecule has 0 aliphatic heterocycles. The number of methoxy groups -OCH3 is 3. The molecule has 0 spiro atoms. The lowest BCUT2D eigenvalue weighted by atomic mass is 10.2. The van der Waals surface area contributed by atoms with Crippen molar-refractivity contribution in [2.75, 3.05) is 33.6 Å². The summed E-state index contributed by atoms with van der Waals surface area (Å²) in [5.41, 5.74) is 11.4. The van der Waals surface area contributed by atoms with Crippen LogP contribution in [0.3, 0.4) is 0 Å². The van der Waals surface area contributed by atoms with Crippen molar-refractivity contribution in [2.24, 2.45) is 5.73 Å². The second-order valence-corrected chi connectivity index (χ2v) is 3.95. The minimum atomic E-state index is 0.555. The van der Waals surface area contributed by atoms with Crippen LogP contribution in [0.2, 0.25) is 0 Å². The van der Waals surface area contributed by atoms with E-state index >= 15 is 0 Å². The van der Waals surface area contributed by atoms with E-state index in [1.54, 1.807) is 33.5 Å². The molecule has 1 aromatic carbocycles. The monoisotopic (exact) mass is 270 g/mol. The van der Waals surface area contributed by atoms with Crippen LogP contribution in [-0.4, -0.2) is 27.9 Å². The normalized spacial score (nSPS) is 9.32. The third-order valence-electron chi connectivity index (χ3n) is 2.49. The number of anilines is 1. The number of nitrogens with two attached hydrogens (primary N) is 2. The van der Waals surface area contributed by atoms with Gasteiger partial charge in [-0.2, -0.15) is 0 Å². The molecule has 5 nitrogen and oxygen atoms in total. The van der Waals surface area contributed by atoms with Gasteiger partial charge in [0.2, 0.25) is 5.75 Å². The predicted octanol–water partition coefficient (Wildman–Crippen LogP) is 2.43. The van der Waals surface area contributed by atoms with Crippen molar-refractivity contribution in [1.82, 2.24) is 0 Å². The van der Waals surface area contributed by atoms with Gasteiger partial charge in [-0.3, -0.25) is 0 Å². The molecule has 110 valence electrons. The summed E-state index contributed by atoms with van der Waals surface area (Å²) in [6, 6.07) is 3.36. The molecule has 0 saturated heterocycles. The first-order chi connectivity index (χ1) is 9.14. The highest BCUT2D eigenvalue weighted by molar-refractivity contribution is 5.60. The zero-order valence-corrected chi connectivity index (χ0v) is 12.4. The quantitative estimate of drug-likeness (QED) is 0.613. The molecular weight excluding hydrogens is 244 g/mol. The zero-order chi connectivity index (χ0) is 14.7. The molecule has 0 fully saturated rings. The Morgan fingerprint density at radius 2 is 1.47 bits per heavy atom. The van der Waals surface area contributed by atoms with Crippen LogP contribution in [-0.2, 0) is 0 Å². The van der Waals surface area contributed by atoms with Crippen molar-refractivity contribution < 1.29 is 14.2 Å². The number of hydrogen-bond acceptors (Lipinski definition) is 5. The third-order valence-corrected chi connectivity index (χ3v) is 2.49. The van der Waals surface area contributed by atoms with Crippen LogP contribution in [0.1, 0.15) is 26.2 Å². The Balaban J connectivity index is 0.000000459. The molecule has 0 atom stereocenters. The van der Waals surface area contributed by atoms with Gasteiger partial charge >= 0.3 is 0 Å². The topological polar surface area (TPSA) is 79.7 Å². The summed E-state index contributed by atoms with van der Waals surface area (Å²) in [5.74, 6) is 1.69. The minimum Gasteiger partial charge on any atom is -0.493 e. The number of ether oxygens (including phenoxy) is 3. The maximum Gasteiger partial charge on any atom is 0.203 e. The first-order valence-corrected chi connectivity index (χ1v) is 6.40. The highest BCUT2D eigenvalue weighted by Crippen LogP contribution is 2.38. The molecule has 4 N–H and O–H groups in total. The third kappa shape index (κ3) is 6.20. The van der Waals surface area contributed by atoms with Gasteiger partial charge in [-0.1, -0.05) is 19.8 Å². The van der Waals surface area contributed by atoms with Crippen molar-refractivity contribution in [1.29, 1.82) is 0 Å². The van der Waals surface area contributed by atoms with E-state index in [2.05, 4.69) is 6.92 Å². The standard InChI is InChI=1S/C9H13NO3.C5H13N/c1-11-7-4-6(10)5-8(12-2)9(7)13-3;1-2-3-4-5-6/h4-5H,10H2,1-3H3;2-6H2,1H3. The lowest BCUT2D eigenvalue weighted by Crippen LogP contribution is -1.96. The summed E-state index contributed by atoms with van der Waals surface area (Å²) in [6.07, 6.45) is 3.75. The SMILES string of the molecule is CCCCCN.COc1cc(N)cc(OC)c1OC. The Hall–Kier alpha value is -1.62. The Kier molecular flexibility index (Phi) is 9.44. The van der Waals surface area contributed by atoms with Crippen LogP contribution in [0.15, 0.2) is 12.1 Å². The van der Waals surface area contributed by atoms with E-state index in [0.717, 1.165) is 6.54 Å². The van der Waals surface area contributed by atoms with Gasteiger partial charge in [-0.15, -0.1) is 0 Å². The molecule has 1 rings (SSSR count). The predicted molar refractivity (Wildman–Crippen MR) is 79.1 cm³/mol. The lowest BCUT2D eigenvalue weighted by Gasteiger charge is -2.12. The Morgan fingerprint density at radius 3 is 1.74 bits per heavy atom. The fraction of sp³-hybridized carbons (Fsp3) is 0.571. The highest BCUT2D eigenvalue weighted by Gasteiger charge is 2.11. The van der Waals surface area contributed by atoms with Crippen LogP contribution in [0.25, 0.3) is 0 Å². The molecule has 0 heterocycles. The summed E-state index contributed by atoms with van der Waals surface area (Å²) in [5, 5.41) is 0. The Labute approximate surface area is 115 Å². The van der Waals surface area contributed by atoms with Crippen molar-refractivity contribution >= 4 is 5.69 Å². The summed E-state index contributed by atoms with van der Waals surface area (Å²) < 4.78 is 15.3. The van der Waals surface area contributed by atoms with Gasteiger partial charge in [0.05, 0.1) is 21.3 Å². The smallest absolute Gasteiger partial charge is 0.203 e. The number of unbranched alkanes of at least 4 members (excludes halogenated alkanes) is 2. The van der Waals surface area contributed by atoms with Crippen LogP contribution in [0, 0.1) is 0 Å². The van der Waals surface area contributed by atoms with E-state index in [0.29, 0.717) is 22.9 Å². The van der Waals surface area contributed by atoms with Crippen molar-refractivity contribution in [2.45, 2.75) is 26.2 Å². The molecule has 0 aliphatic rings. The minimum absolute atomic E-state index is 0.555. The van der Waals surface area contributed by atoms with Gasteiger partial charge in [-0.05, 0) is 13.0 Å². The maximum absolute atomic E-state index is 5.62. The number of hydrogen-bond donors (Lipinski definition) is 2. The molecule has 19 heavy (non-hydrogen) atoms. The second kappa shape index (κ2) is 10.3. The molecule has 5 heteroatoms. The van der Waals surface area contributed by atoms with Crippen molar-refractivity contribution in [3.63, 3.8) is 0 Å². The van der Waals surface area contributed by atoms with Crippen LogP contribution >= 0.6 is 0 Å². The van der Waals surface area contributed by atoms with E-state index in [1.807, 2.05) is 0 Å². The summed E-state index contributed by atoms with van der Waals surface area (Å²) in [6.45, 7) is 3.03. The van der Waals surface area contributed by atoms with Crippen molar-refractivity contribution in [3.05, 3.63) is 12.1 Å². The summed E-state index contributed by atoms with van der Waals surface area (Å²) in [4.78, 5) is 0. The fourth-order valence-electron chi connectivity index (χ4n) is 1.50. The molecule has 0 aromatic heterocycles. The molecule has 0 radical (unpaired) electrons. The Morgan fingerprint density at radius 1 is 0.947 bits per heavy atom. The fourth-order valence-corrected chi connectivity index (χ4v) is 1.50. The van der Waals surface area contributed by atoms with Gasteiger partial charge in [0.25, 0.3) is 0 Å². The molecule has 0 saturated carbocycles. The van der Waals surface area contributed by atoms with Crippen molar-refractivity contribution in [3.8, 4) is 17.2 Å². The van der Waals surface area contributed by atoms with E-state index < -0.39 is 0 Å². The molecule has 1 aromatic rings. The molecule has 0 unspecified atom stereocenters. The number of benzene rings is 1. The number of rotatable bonds is 6. The summed E-state index contributed by atoms with van der Waals surface area (Å²) in [7, 11) is 4.66. The van der Waals surface area contributed by atoms with E-state index in [4.69, 9.17) is 25.7 Å². The van der Waals surface area contributed by atoms with E-state index in [-0.39, 0.29) is 0 Å². The van der Waals surface area contributed by atoms with Gasteiger partial charge in [-0.25, -0.2) is 0 Å². The first kappa shape index (κ1) is 17.4. The zero-order valence-electron chi connectivity index (χ0n) is 12.4. The Bertz CT molecular complexity index is 328. The maximum atomic E-state index is 5.62. The highest BCUT2D eigenvalue weighted by atomic mass is 16.5. The average molecular weight is 270 g/mol. The van der Waals surface area contributed by atoms with Gasteiger partial charge in [0, 0.05) is 17.8 Å². The van der Waals surface area contributed by atoms with Gasteiger partial charge in [0.1, 0.15) is 0 Å². The van der Waals surface area contributed by atoms with Gasteiger partial charge in [0.15, 0.2) is 11.5 Å². The summed E-state index contributed by atoms with van der Waals surface area (Å²) >= 11 is 0. The molecular formula is C14H26N2O3. The number of nitrogen functional groups attached to an aromatic ring is 1. The molecule has 0 amide bonds. The van der Waals surface area contributed by atoms with Crippen LogP contribution in [0.4, 0.5) is 5.69 Å². The largest absolute Gasteiger partial charge is 0.493 e. The lowest BCUT2D eigenvalue weighted by molar-refractivity contribution is 0.325. The van der Waals surface area contributed by atoms with E-state index in [1.165, 1.54) is 19.3 Å². The van der Waals surface area contributed by atoms with Crippen LogP contribution < -0.4 is 25.7 Å². The average Bonchev–Trinajstić information content (AvgIpc) is 2.44. The van der Waals surface area contributed by atoms with Gasteiger partial charge < -0.3 is 25.7 Å². The van der Waals surface area contributed by atoms with Crippen LogP contribution in [0.5, 0.6) is 17.2 Å². The second-order valence-electron chi connectivity index (χ2n) is 3.95. The molecule has 0 bridgehead atoms. The van der Waals surface area contributed by atoms with E-state index in [9.17, 15) is 0 Å².